The van der Waals surface area contributed by atoms with Crippen LogP contribution in [0.3, 0.4) is 0 Å². The molecule has 6 heteroatoms. The molecule has 1 aromatic carbocycles. The Hall–Kier alpha value is -1.62. The average molecular weight is 308 g/mol. The van der Waals surface area contributed by atoms with Crippen LogP contribution in [0.15, 0.2) is 18.2 Å². The summed E-state index contributed by atoms with van der Waals surface area (Å²) in [6.07, 6.45) is 7.48. The molecule has 0 unspecified atom stereocenters. The van der Waals surface area contributed by atoms with Crippen molar-refractivity contribution < 1.29 is 0 Å². The molecule has 1 heterocycles. The zero-order chi connectivity index (χ0) is 15.1. The molecular weight excluding hydrogens is 286 g/mol. The van der Waals surface area contributed by atoms with Crippen LogP contribution >= 0.6 is 11.6 Å². The number of benzene rings is 1. The summed E-state index contributed by atoms with van der Waals surface area (Å²) in [6, 6.07) is 5.48. The van der Waals surface area contributed by atoms with Gasteiger partial charge in [0.1, 0.15) is 0 Å². The number of nitrogens with two attached hydrogens (primary N) is 1. The first-order valence-corrected chi connectivity index (χ1v) is 7.91. The minimum absolute atomic E-state index is 0.529. The van der Waals surface area contributed by atoms with E-state index >= 15 is 0 Å². The van der Waals surface area contributed by atoms with E-state index in [2.05, 4.69) is 22.4 Å². The fourth-order valence-electron chi connectivity index (χ4n) is 2.27. The van der Waals surface area contributed by atoms with Gasteiger partial charge in [0.25, 0.3) is 0 Å². The van der Waals surface area contributed by atoms with E-state index in [-0.39, 0.29) is 0 Å². The molecule has 21 heavy (non-hydrogen) atoms. The second-order valence-electron chi connectivity index (χ2n) is 5.23. The van der Waals surface area contributed by atoms with Gasteiger partial charge in [0, 0.05) is 12.1 Å². The second kappa shape index (κ2) is 7.98. The molecule has 0 saturated heterocycles. The number of anilines is 1. The first-order chi connectivity index (χ1) is 10.2. The number of hydrogen-bond donors (Lipinski definition) is 1. The van der Waals surface area contributed by atoms with Gasteiger partial charge in [0.05, 0.1) is 10.7 Å². The maximum Gasteiger partial charge on any atom is 0.182 e. The lowest BCUT2D eigenvalue weighted by Crippen LogP contribution is -2.03. The van der Waals surface area contributed by atoms with Crippen molar-refractivity contribution in [3.8, 4) is 11.4 Å². The molecule has 0 spiro atoms. The molecule has 5 nitrogen and oxygen atoms in total. The molecule has 0 aliphatic rings. The summed E-state index contributed by atoms with van der Waals surface area (Å²) in [5.74, 6) is 0.741. The van der Waals surface area contributed by atoms with Gasteiger partial charge in [0.2, 0.25) is 0 Å². The molecule has 1 aromatic heterocycles. The van der Waals surface area contributed by atoms with Gasteiger partial charge in [-0.25, -0.2) is 4.68 Å². The number of aromatic nitrogens is 4. The van der Waals surface area contributed by atoms with Crippen LogP contribution in [0.1, 0.15) is 45.4 Å². The van der Waals surface area contributed by atoms with Crippen molar-refractivity contribution in [2.45, 2.75) is 52.0 Å². The molecule has 0 fully saturated rings. The predicted octanol–water partition coefficient (Wildman–Crippen LogP) is 3.94. The smallest absolute Gasteiger partial charge is 0.182 e. The third-order valence-electron chi connectivity index (χ3n) is 3.51. The summed E-state index contributed by atoms with van der Waals surface area (Å²) in [7, 11) is 0. The number of tetrazole rings is 1. The van der Waals surface area contributed by atoms with Crippen LogP contribution in [0.5, 0.6) is 0 Å². The SMILES string of the molecule is CCCCCCCCn1nnnc1-c1ccc(N)c(Cl)c1. The highest BCUT2D eigenvalue weighted by molar-refractivity contribution is 6.33. The van der Waals surface area contributed by atoms with E-state index in [9.17, 15) is 0 Å². The molecule has 0 saturated carbocycles. The van der Waals surface area contributed by atoms with Gasteiger partial charge in [-0.15, -0.1) is 5.10 Å². The van der Waals surface area contributed by atoms with Crippen molar-refractivity contribution in [3.05, 3.63) is 23.2 Å². The van der Waals surface area contributed by atoms with E-state index in [0.717, 1.165) is 24.4 Å². The molecule has 0 aliphatic carbocycles. The van der Waals surface area contributed by atoms with E-state index in [4.69, 9.17) is 17.3 Å². The van der Waals surface area contributed by atoms with Crippen molar-refractivity contribution in [2.75, 3.05) is 5.73 Å². The van der Waals surface area contributed by atoms with Gasteiger partial charge in [-0.2, -0.15) is 0 Å². The Morgan fingerprint density at radius 1 is 1.14 bits per heavy atom. The standard InChI is InChI=1S/C15H22ClN5/c1-2-3-4-5-6-7-10-21-15(18-19-20-21)12-8-9-14(17)13(16)11-12/h8-9,11H,2-7,10,17H2,1H3. The van der Waals surface area contributed by atoms with Gasteiger partial charge in [-0.1, -0.05) is 50.6 Å². The maximum atomic E-state index is 6.06. The monoisotopic (exact) mass is 307 g/mol. The van der Waals surface area contributed by atoms with Gasteiger partial charge in [-0.05, 0) is 35.0 Å². The Bertz CT molecular complexity index is 567. The summed E-state index contributed by atoms with van der Waals surface area (Å²) < 4.78 is 1.83. The number of nitrogens with zero attached hydrogens (tertiary/aromatic N) is 4. The molecule has 114 valence electrons. The first-order valence-electron chi connectivity index (χ1n) is 7.54. The molecule has 0 radical (unpaired) electrons. The highest BCUT2D eigenvalue weighted by Gasteiger charge is 2.10. The maximum absolute atomic E-state index is 6.06. The van der Waals surface area contributed by atoms with Crippen molar-refractivity contribution in [3.63, 3.8) is 0 Å². The Morgan fingerprint density at radius 2 is 1.90 bits per heavy atom. The Morgan fingerprint density at radius 3 is 2.67 bits per heavy atom. The third-order valence-corrected chi connectivity index (χ3v) is 3.84. The molecular formula is C15H22ClN5. The highest BCUT2D eigenvalue weighted by atomic mass is 35.5. The number of halogens is 1. The van der Waals surface area contributed by atoms with Crippen LogP contribution < -0.4 is 5.73 Å². The average Bonchev–Trinajstić information content (AvgIpc) is 2.94. The number of rotatable bonds is 8. The van der Waals surface area contributed by atoms with Gasteiger partial charge >= 0.3 is 0 Å². The van der Waals surface area contributed by atoms with E-state index < -0.39 is 0 Å². The summed E-state index contributed by atoms with van der Waals surface area (Å²) in [6.45, 7) is 3.06. The minimum atomic E-state index is 0.529. The van der Waals surface area contributed by atoms with Gasteiger partial charge < -0.3 is 5.73 Å². The number of hydrogen-bond acceptors (Lipinski definition) is 4. The highest BCUT2D eigenvalue weighted by Crippen LogP contribution is 2.25. The summed E-state index contributed by atoms with van der Waals surface area (Å²) >= 11 is 6.06. The molecule has 2 rings (SSSR count). The van der Waals surface area contributed by atoms with E-state index in [1.165, 1.54) is 32.1 Å². The van der Waals surface area contributed by atoms with Crippen LogP contribution in [0.2, 0.25) is 5.02 Å². The van der Waals surface area contributed by atoms with E-state index in [1.54, 1.807) is 12.1 Å². The summed E-state index contributed by atoms with van der Waals surface area (Å²) in [4.78, 5) is 0. The van der Waals surface area contributed by atoms with Gasteiger partial charge in [0.15, 0.2) is 5.82 Å². The number of unbranched alkanes of at least 4 members (excludes halogenated alkanes) is 5. The normalized spacial score (nSPS) is 11.0. The fraction of sp³-hybridized carbons (Fsp3) is 0.533. The van der Waals surface area contributed by atoms with Crippen molar-refractivity contribution in [1.82, 2.24) is 20.2 Å². The summed E-state index contributed by atoms with van der Waals surface area (Å²) in [5, 5.41) is 12.4. The van der Waals surface area contributed by atoms with E-state index in [0.29, 0.717) is 10.7 Å². The molecule has 0 bridgehead atoms. The van der Waals surface area contributed by atoms with Crippen LogP contribution in [-0.2, 0) is 6.54 Å². The van der Waals surface area contributed by atoms with Crippen LogP contribution in [0.25, 0.3) is 11.4 Å². The van der Waals surface area contributed by atoms with Crippen molar-refractivity contribution in [1.29, 1.82) is 0 Å². The number of aryl methyl sites for hydroxylation is 1. The zero-order valence-corrected chi connectivity index (χ0v) is 13.2. The quantitative estimate of drug-likeness (QED) is 0.592. The topological polar surface area (TPSA) is 69.6 Å². The fourth-order valence-corrected chi connectivity index (χ4v) is 2.45. The lowest BCUT2D eigenvalue weighted by atomic mass is 10.1. The lowest BCUT2D eigenvalue weighted by Gasteiger charge is -2.06. The number of nitrogen functional groups attached to an aromatic ring is 1. The minimum Gasteiger partial charge on any atom is -0.398 e. The largest absolute Gasteiger partial charge is 0.398 e. The van der Waals surface area contributed by atoms with Crippen molar-refractivity contribution >= 4 is 17.3 Å². The second-order valence-corrected chi connectivity index (χ2v) is 5.64. The Balaban J connectivity index is 1.93. The van der Waals surface area contributed by atoms with E-state index in [1.807, 2.05) is 10.7 Å². The molecule has 2 aromatic rings. The molecule has 0 amide bonds. The Labute approximate surface area is 130 Å². The molecule has 0 atom stereocenters. The Kier molecular flexibility index (Phi) is 5.99. The van der Waals surface area contributed by atoms with Crippen LogP contribution in [0.4, 0.5) is 5.69 Å². The zero-order valence-electron chi connectivity index (χ0n) is 12.4. The molecule has 2 N–H and O–H groups in total. The molecule has 0 aliphatic heterocycles. The van der Waals surface area contributed by atoms with Crippen LogP contribution in [-0.4, -0.2) is 20.2 Å². The summed E-state index contributed by atoms with van der Waals surface area (Å²) in [5.41, 5.74) is 7.19. The van der Waals surface area contributed by atoms with Crippen molar-refractivity contribution in [2.24, 2.45) is 0 Å². The van der Waals surface area contributed by atoms with Crippen LogP contribution in [0, 0.1) is 0 Å². The lowest BCUT2D eigenvalue weighted by molar-refractivity contribution is 0.519. The third kappa shape index (κ3) is 4.43. The predicted molar refractivity (Wildman–Crippen MR) is 86.1 cm³/mol. The van der Waals surface area contributed by atoms with Gasteiger partial charge in [-0.3, -0.25) is 0 Å². The first kappa shape index (κ1) is 15.8.